The third-order valence-electron chi connectivity index (χ3n) is 3.43. The van der Waals surface area contributed by atoms with Gasteiger partial charge >= 0.3 is 0 Å². The molecule has 1 aromatic heterocycles. The monoisotopic (exact) mass is 238 g/mol. The minimum atomic E-state index is 0.722. The molecule has 0 amide bonds. The van der Waals surface area contributed by atoms with Crippen LogP contribution < -0.4 is 5.32 Å². The minimum Gasteiger partial charge on any atom is -0.353 e. The number of hydrogen-bond donors (Lipinski definition) is 1. The summed E-state index contributed by atoms with van der Waals surface area (Å²) in [6.45, 7) is 3.27. The van der Waals surface area contributed by atoms with Crippen molar-refractivity contribution in [1.29, 1.82) is 0 Å². The summed E-state index contributed by atoms with van der Waals surface area (Å²) >= 11 is 2.12. The highest BCUT2D eigenvalue weighted by Crippen LogP contribution is 2.29. The second-order valence-electron chi connectivity index (χ2n) is 4.52. The number of nitrogens with zero attached hydrogens (tertiary/aromatic N) is 1. The maximum atomic E-state index is 3.72. The topological polar surface area (TPSA) is 17.0 Å². The summed E-state index contributed by atoms with van der Waals surface area (Å²) in [5, 5.41) is 4.56. The highest BCUT2D eigenvalue weighted by molar-refractivity contribution is 7.99. The van der Waals surface area contributed by atoms with Crippen LogP contribution in [0.15, 0.2) is 18.3 Å². The molecule has 1 fully saturated rings. The summed E-state index contributed by atoms with van der Waals surface area (Å²) in [4.78, 5) is 0. The fraction of sp³-hybridized carbons (Fsp3) is 0.692. The van der Waals surface area contributed by atoms with Gasteiger partial charge in [-0.05, 0) is 30.7 Å². The molecular weight excluding hydrogens is 216 g/mol. The van der Waals surface area contributed by atoms with Crippen molar-refractivity contribution in [3.8, 4) is 0 Å². The lowest BCUT2D eigenvalue weighted by Crippen LogP contribution is -2.34. The molecule has 16 heavy (non-hydrogen) atoms. The first-order chi connectivity index (χ1) is 7.81. The van der Waals surface area contributed by atoms with E-state index in [4.69, 9.17) is 0 Å². The van der Waals surface area contributed by atoms with E-state index < -0.39 is 0 Å². The number of hydrogen-bond acceptors (Lipinski definition) is 2. The standard InChI is InChI=1S/C13H22N2S/c1-3-16-13-8-4-7-12(13)14-10-11-6-5-9-15(11)2/h5-6,9,12-14H,3-4,7-8,10H2,1-2H3. The van der Waals surface area contributed by atoms with Crippen LogP contribution in [0.25, 0.3) is 0 Å². The molecule has 1 aromatic rings. The molecule has 90 valence electrons. The molecule has 1 heterocycles. The summed E-state index contributed by atoms with van der Waals surface area (Å²) in [6, 6.07) is 5.04. The van der Waals surface area contributed by atoms with E-state index in [1.165, 1.54) is 30.7 Å². The van der Waals surface area contributed by atoms with Gasteiger partial charge in [0.25, 0.3) is 0 Å². The van der Waals surface area contributed by atoms with E-state index in [0.29, 0.717) is 0 Å². The fourth-order valence-electron chi connectivity index (χ4n) is 2.49. The summed E-state index contributed by atoms with van der Waals surface area (Å²) in [5.41, 5.74) is 1.38. The van der Waals surface area contributed by atoms with E-state index in [2.05, 4.69) is 53.9 Å². The van der Waals surface area contributed by atoms with Gasteiger partial charge in [-0.3, -0.25) is 0 Å². The molecule has 2 rings (SSSR count). The van der Waals surface area contributed by atoms with Gasteiger partial charge in [-0.1, -0.05) is 13.3 Å². The molecule has 2 atom stereocenters. The lowest BCUT2D eigenvalue weighted by molar-refractivity contribution is 0.520. The van der Waals surface area contributed by atoms with Crippen molar-refractivity contribution < 1.29 is 0 Å². The Morgan fingerprint density at radius 3 is 3.06 bits per heavy atom. The molecule has 0 radical (unpaired) electrons. The predicted octanol–water partition coefficient (Wildman–Crippen LogP) is 2.79. The SMILES string of the molecule is CCSC1CCCC1NCc1cccn1C. The van der Waals surface area contributed by atoms with E-state index in [-0.39, 0.29) is 0 Å². The normalized spacial score (nSPS) is 25.1. The fourth-order valence-corrected chi connectivity index (χ4v) is 3.72. The first-order valence-corrected chi connectivity index (χ1v) is 7.31. The van der Waals surface area contributed by atoms with Crippen LogP contribution in [0.3, 0.4) is 0 Å². The van der Waals surface area contributed by atoms with Crippen LogP contribution in [0.2, 0.25) is 0 Å². The number of aromatic nitrogens is 1. The molecule has 0 spiro atoms. The maximum Gasteiger partial charge on any atom is 0.0362 e. The Morgan fingerprint density at radius 1 is 1.50 bits per heavy atom. The van der Waals surface area contributed by atoms with Gasteiger partial charge < -0.3 is 9.88 Å². The van der Waals surface area contributed by atoms with Gasteiger partial charge in [0.15, 0.2) is 0 Å². The van der Waals surface area contributed by atoms with E-state index in [0.717, 1.165) is 17.8 Å². The van der Waals surface area contributed by atoms with E-state index in [9.17, 15) is 0 Å². The van der Waals surface area contributed by atoms with Gasteiger partial charge in [-0.15, -0.1) is 0 Å². The highest BCUT2D eigenvalue weighted by Gasteiger charge is 2.26. The largest absolute Gasteiger partial charge is 0.353 e. The van der Waals surface area contributed by atoms with Gasteiger partial charge in [-0.2, -0.15) is 11.8 Å². The second kappa shape index (κ2) is 5.78. The van der Waals surface area contributed by atoms with Crippen LogP contribution in [0.1, 0.15) is 31.9 Å². The summed E-state index contributed by atoms with van der Waals surface area (Å²) < 4.78 is 2.20. The van der Waals surface area contributed by atoms with E-state index >= 15 is 0 Å². The van der Waals surface area contributed by atoms with Crippen LogP contribution >= 0.6 is 11.8 Å². The van der Waals surface area contributed by atoms with E-state index in [1.54, 1.807) is 0 Å². The van der Waals surface area contributed by atoms with Gasteiger partial charge in [-0.25, -0.2) is 0 Å². The minimum absolute atomic E-state index is 0.722. The summed E-state index contributed by atoms with van der Waals surface area (Å²) in [5.74, 6) is 1.24. The molecule has 1 aliphatic carbocycles. The third-order valence-corrected chi connectivity index (χ3v) is 4.76. The second-order valence-corrected chi connectivity index (χ2v) is 6.04. The molecule has 1 aliphatic rings. The van der Waals surface area contributed by atoms with Crippen LogP contribution in [0.5, 0.6) is 0 Å². The lowest BCUT2D eigenvalue weighted by atomic mass is 10.2. The van der Waals surface area contributed by atoms with Gasteiger partial charge in [0, 0.05) is 36.8 Å². The molecule has 0 bridgehead atoms. The van der Waals surface area contributed by atoms with Crippen LogP contribution in [-0.2, 0) is 13.6 Å². The first kappa shape index (κ1) is 12.1. The lowest BCUT2D eigenvalue weighted by Gasteiger charge is -2.20. The van der Waals surface area contributed by atoms with Crippen LogP contribution in [0.4, 0.5) is 0 Å². The maximum absolute atomic E-state index is 3.72. The predicted molar refractivity (Wildman–Crippen MR) is 71.8 cm³/mol. The summed E-state index contributed by atoms with van der Waals surface area (Å²) in [6.07, 6.45) is 6.25. The number of thioether (sulfide) groups is 1. The Bertz CT molecular complexity index is 321. The molecule has 0 saturated heterocycles. The van der Waals surface area contributed by atoms with Crippen LogP contribution in [-0.4, -0.2) is 21.6 Å². The molecular formula is C13H22N2S. The van der Waals surface area contributed by atoms with Crippen molar-refractivity contribution in [2.24, 2.45) is 7.05 Å². The van der Waals surface area contributed by atoms with Crippen LogP contribution in [0, 0.1) is 0 Å². The zero-order valence-electron chi connectivity index (χ0n) is 10.3. The third kappa shape index (κ3) is 2.83. The molecule has 0 aromatic carbocycles. The Kier molecular flexibility index (Phi) is 4.36. The van der Waals surface area contributed by atoms with Gasteiger partial charge in [0.2, 0.25) is 0 Å². The van der Waals surface area contributed by atoms with Crippen molar-refractivity contribution in [2.75, 3.05) is 5.75 Å². The van der Waals surface area contributed by atoms with Gasteiger partial charge in [0.05, 0.1) is 0 Å². The highest BCUT2D eigenvalue weighted by atomic mass is 32.2. The van der Waals surface area contributed by atoms with Crippen molar-refractivity contribution in [1.82, 2.24) is 9.88 Å². The van der Waals surface area contributed by atoms with E-state index in [1.807, 2.05) is 0 Å². The molecule has 3 heteroatoms. The van der Waals surface area contributed by atoms with Gasteiger partial charge in [0.1, 0.15) is 0 Å². The summed E-state index contributed by atoms with van der Waals surface area (Å²) in [7, 11) is 2.12. The molecule has 2 unspecified atom stereocenters. The Hall–Kier alpha value is -0.410. The van der Waals surface area contributed by atoms with Crippen molar-refractivity contribution in [3.05, 3.63) is 24.0 Å². The average Bonchev–Trinajstić information content (AvgIpc) is 2.86. The van der Waals surface area contributed by atoms with Crippen molar-refractivity contribution >= 4 is 11.8 Å². The first-order valence-electron chi connectivity index (χ1n) is 6.26. The zero-order chi connectivity index (χ0) is 11.4. The number of aryl methyl sites for hydroxylation is 1. The number of rotatable bonds is 5. The molecule has 2 nitrogen and oxygen atoms in total. The molecule has 1 N–H and O–H groups in total. The zero-order valence-corrected chi connectivity index (χ0v) is 11.1. The quantitative estimate of drug-likeness (QED) is 0.849. The number of nitrogens with one attached hydrogen (secondary N) is 1. The molecule has 1 saturated carbocycles. The Morgan fingerprint density at radius 2 is 2.38 bits per heavy atom. The average molecular weight is 238 g/mol. The van der Waals surface area contributed by atoms with Crippen molar-refractivity contribution in [2.45, 2.75) is 44.0 Å². The Balaban J connectivity index is 1.83. The smallest absolute Gasteiger partial charge is 0.0362 e. The Labute approximate surface area is 103 Å². The molecule has 0 aliphatic heterocycles. The van der Waals surface area contributed by atoms with Crippen molar-refractivity contribution in [3.63, 3.8) is 0 Å².